The van der Waals surface area contributed by atoms with E-state index in [1.807, 2.05) is 19.9 Å². The van der Waals surface area contributed by atoms with E-state index in [-0.39, 0.29) is 17.7 Å². The molecule has 0 saturated carbocycles. The van der Waals surface area contributed by atoms with Gasteiger partial charge in [0.2, 0.25) is 0 Å². The van der Waals surface area contributed by atoms with E-state index >= 15 is 0 Å². The summed E-state index contributed by atoms with van der Waals surface area (Å²) in [5.74, 6) is -0.108. The molecule has 34 heavy (non-hydrogen) atoms. The molecule has 1 aromatic carbocycles. The zero-order valence-electron chi connectivity index (χ0n) is 19.9. The fourth-order valence-electron chi connectivity index (χ4n) is 4.35. The predicted octanol–water partition coefficient (Wildman–Crippen LogP) is 6.02. The Bertz CT molecular complexity index is 1260. The normalized spacial score (nSPS) is 15.4. The number of aromatic nitrogens is 1. The van der Waals surface area contributed by atoms with Crippen LogP contribution in [0.5, 0.6) is 5.75 Å². The third-order valence-corrected chi connectivity index (χ3v) is 7.08. The average molecular weight is 480 g/mol. The first kappa shape index (κ1) is 24.1. The third-order valence-electron chi connectivity index (χ3n) is 5.97. The van der Waals surface area contributed by atoms with Crippen LogP contribution < -0.4 is 10.1 Å². The topological polar surface area (TPSA) is 55.7 Å². The largest absolute Gasteiger partial charge is 0.494 e. The first-order valence-corrected chi connectivity index (χ1v) is 12.4. The minimum Gasteiger partial charge on any atom is -0.494 e. The Morgan fingerprint density at radius 2 is 2.26 bits per heavy atom. The van der Waals surface area contributed by atoms with Crippen molar-refractivity contribution in [2.75, 3.05) is 20.3 Å². The fraction of sp³-hybridized carbons (Fsp3) is 0.370. The van der Waals surface area contributed by atoms with Gasteiger partial charge in [-0.3, -0.25) is 4.99 Å². The second kappa shape index (κ2) is 11.0. The van der Waals surface area contributed by atoms with Gasteiger partial charge < -0.3 is 14.8 Å². The van der Waals surface area contributed by atoms with Crippen LogP contribution in [-0.4, -0.2) is 37.6 Å². The molecule has 0 aliphatic heterocycles. The second-order valence-electron chi connectivity index (χ2n) is 8.13. The van der Waals surface area contributed by atoms with E-state index in [4.69, 9.17) is 14.5 Å². The van der Waals surface area contributed by atoms with Crippen molar-refractivity contribution >= 4 is 39.2 Å². The minimum atomic E-state index is -0.356. The van der Waals surface area contributed by atoms with E-state index in [0.29, 0.717) is 13.0 Å². The molecule has 1 aliphatic rings. The number of nitrogens with zero attached hydrogens (tertiary/aromatic N) is 2. The van der Waals surface area contributed by atoms with Gasteiger partial charge in [0.1, 0.15) is 4.83 Å². The summed E-state index contributed by atoms with van der Waals surface area (Å²) in [6.07, 6.45) is 5.51. The first-order chi connectivity index (χ1) is 16.6. The molecule has 0 radical (unpaired) electrons. The van der Waals surface area contributed by atoms with Crippen molar-refractivity contribution in [1.29, 1.82) is 0 Å². The summed E-state index contributed by atoms with van der Waals surface area (Å²) in [5.41, 5.74) is 7.98. The van der Waals surface area contributed by atoms with E-state index in [1.54, 1.807) is 23.6 Å². The number of ether oxygens (including phenoxy) is 2. The van der Waals surface area contributed by atoms with Crippen LogP contribution in [0.3, 0.4) is 0 Å². The lowest BCUT2D eigenvalue weighted by atomic mass is 9.93. The Balaban J connectivity index is 1.58. The van der Waals surface area contributed by atoms with Crippen LogP contribution in [0.15, 0.2) is 41.6 Å². The summed E-state index contributed by atoms with van der Waals surface area (Å²) in [5, 5.41) is 4.46. The molecule has 0 bridgehead atoms. The quantitative estimate of drug-likeness (QED) is 0.301. The molecular formula is C27H30FN3O2S. The molecule has 3 aromatic rings. The van der Waals surface area contributed by atoms with Gasteiger partial charge in [-0.15, -0.1) is 17.1 Å². The number of benzene rings is 1. The molecule has 1 aliphatic carbocycles. The number of aliphatic imine (C=N–C) groups is 1. The number of hydrogen-bond acceptors (Lipinski definition) is 6. The lowest BCUT2D eigenvalue weighted by molar-refractivity contribution is 0.0531. The Morgan fingerprint density at radius 1 is 1.41 bits per heavy atom. The Hall–Kier alpha value is -2.99. The molecule has 1 unspecified atom stereocenters. The highest BCUT2D eigenvalue weighted by Gasteiger charge is 2.23. The first-order valence-electron chi connectivity index (χ1n) is 11.6. The van der Waals surface area contributed by atoms with E-state index in [9.17, 15) is 4.39 Å². The minimum absolute atomic E-state index is 0.249. The molecule has 178 valence electrons. The lowest BCUT2D eigenvalue weighted by Crippen LogP contribution is -2.23. The molecule has 5 nitrogen and oxygen atoms in total. The molecule has 1 atom stereocenters. The van der Waals surface area contributed by atoms with Crippen molar-refractivity contribution < 1.29 is 13.9 Å². The third kappa shape index (κ3) is 5.07. The number of fused-ring (bicyclic) bond motifs is 2. The number of methoxy groups -OCH3 is 1. The molecule has 2 aromatic heterocycles. The van der Waals surface area contributed by atoms with Gasteiger partial charge in [0.15, 0.2) is 11.6 Å². The molecule has 0 amide bonds. The number of nitrogens with one attached hydrogen (secondary N) is 1. The number of aryl methyl sites for hydroxylation is 1. The molecule has 0 fully saturated rings. The number of halogens is 1. The fourth-order valence-corrected chi connectivity index (χ4v) is 5.47. The maximum Gasteiger partial charge on any atom is 0.165 e. The SMILES string of the molecule is C=C=C(NCCc1ccc(OC)c(F)c1)c1sc2nc3c(cc2c1/N=C\C)CC(OCC)CC3. The van der Waals surface area contributed by atoms with E-state index in [2.05, 4.69) is 28.7 Å². The van der Waals surface area contributed by atoms with Crippen LogP contribution in [0.25, 0.3) is 15.9 Å². The molecule has 1 N–H and O–H groups in total. The highest BCUT2D eigenvalue weighted by atomic mass is 32.1. The lowest BCUT2D eigenvalue weighted by Gasteiger charge is -2.23. The molecule has 2 heterocycles. The van der Waals surface area contributed by atoms with E-state index in [1.165, 1.54) is 18.7 Å². The summed E-state index contributed by atoms with van der Waals surface area (Å²) in [6, 6.07) is 7.26. The van der Waals surface area contributed by atoms with Gasteiger partial charge in [0.05, 0.1) is 29.5 Å². The van der Waals surface area contributed by atoms with Gasteiger partial charge in [-0.1, -0.05) is 12.6 Å². The Kier molecular flexibility index (Phi) is 7.78. The highest BCUT2D eigenvalue weighted by molar-refractivity contribution is 7.20. The van der Waals surface area contributed by atoms with Crippen molar-refractivity contribution in [1.82, 2.24) is 10.3 Å². The van der Waals surface area contributed by atoms with Crippen LogP contribution >= 0.6 is 11.3 Å². The van der Waals surface area contributed by atoms with Crippen molar-refractivity contribution in [3.63, 3.8) is 0 Å². The Morgan fingerprint density at radius 3 is 2.97 bits per heavy atom. The summed E-state index contributed by atoms with van der Waals surface area (Å²) in [4.78, 5) is 11.6. The molecule has 0 spiro atoms. The second-order valence-corrected chi connectivity index (χ2v) is 9.13. The van der Waals surface area contributed by atoms with Crippen molar-refractivity contribution in [3.05, 3.63) is 64.1 Å². The van der Waals surface area contributed by atoms with Gasteiger partial charge >= 0.3 is 0 Å². The van der Waals surface area contributed by atoms with Gasteiger partial charge in [-0.25, -0.2) is 9.37 Å². The number of hydrogen-bond donors (Lipinski definition) is 1. The Labute approximate surface area is 204 Å². The zero-order chi connectivity index (χ0) is 24.1. The summed E-state index contributed by atoms with van der Waals surface area (Å²) in [6.45, 7) is 9.18. The molecule has 0 saturated heterocycles. The van der Waals surface area contributed by atoms with Crippen LogP contribution in [0.1, 0.15) is 42.0 Å². The monoisotopic (exact) mass is 479 g/mol. The summed E-state index contributed by atoms with van der Waals surface area (Å²) < 4.78 is 24.9. The van der Waals surface area contributed by atoms with Crippen molar-refractivity contribution in [2.24, 2.45) is 4.99 Å². The predicted molar refractivity (Wildman–Crippen MR) is 138 cm³/mol. The summed E-state index contributed by atoms with van der Waals surface area (Å²) >= 11 is 1.60. The zero-order valence-corrected chi connectivity index (χ0v) is 20.7. The number of pyridine rings is 1. The van der Waals surface area contributed by atoms with E-state index in [0.717, 1.165) is 63.6 Å². The summed E-state index contributed by atoms with van der Waals surface area (Å²) in [7, 11) is 1.46. The average Bonchev–Trinajstić information content (AvgIpc) is 3.18. The van der Waals surface area contributed by atoms with Gasteiger partial charge in [0, 0.05) is 36.9 Å². The maximum absolute atomic E-state index is 14.0. The van der Waals surface area contributed by atoms with Crippen LogP contribution in [-0.2, 0) is 24.0 Å². The molecular weight excluding hydrogens is 449 g/mol. The van der Waals surface area contributed by atoms with E-state index < -0.39 is 0 Å². The van der Waals surface area contributed by atoms with Gasteiger partial charge in [-0.05, 0) is 62.4 Å². The van der Waals surface area contributed by atoms with Gasteiger partial charge in [0.25, 0.3) is 0 Å². The van der Waals surface area contributed by atoms with Crippen molar-refractivity contribution in [2.45, 2.75) is 45.6 Å². The highest BCUT2D eigenvalue weighted by Crippen LogP contribution is 2.41. The molecule has 7 heteroatoms. The maximum atomic E-state index is 14.0. The van der Waals surface area contributed by atoms with Crippen LogP contribution in [0.4, 0.5) is 10.1 Å². The van der Waals surface area contributed by atoms with Crippen LogP contribution in [0, 0.1) is 5.82 Å². The number of rotatable bonds is 9. The number of thiophene rings is 1. The van der Waals surface area contributed by atoms with Crippen LogP contribution in [0.2, 0.25) is 0 Å². The smallest absolute Gasteiger partial charge is 0.165 e. The van der Waals surface area contributed by atoms with Crippen molar-refractivity contribution in [3.8, 4) is 5.75 Å². The molecule has 4 rings (SSSR count). The van der Waals surface area contributed by atoms with Gasteiger partial charge in [-0.2, -0.15) is 0 Å². The standard InChI is InChI=1S/C27H30FN3O2S/c1-5-22(30-13-12-17-8-11-24(32-4)21(28)14-17)26-25(29-6-2)20-16-18-15-19(33-7-3)9-10-23(18)31-27(20)34-26/h6,8,11,14,16,19,30H,1,7,9-10,12-13,15H2,2-4H3/b29-6-.